The van der Waals surface area contributed by atoms with Crippen LogP contribution in [0.1, 0.15) is 26.7 Å². The van der Waals surface area contributed by atoms with Crippen molar-refractivity contribution in [3.05, 3.63) is 17.7 Å². The Morgan fingerprint density at radius 1 is 1.41 bits per heavy atom. The highest BCUT2D eigenvalue weighted by Gasteiger charge is 2.32. The van der Waals surface area contributed by atoms with Crippen LogP contribution in [-0.2, 0) is 0 Å². The molecule has 94 valence electrons. The van der Waals surface area contributed by atoms with Crippen molar-refractivity contribution in [2.24, 2.45) is 5.92 Å². The predicted octanol–water partition coefficient (Wildman–Crippen LogP) is 2.57. The van der Waals surface area contributed by atoms with Gasteiger partial charge >= 0.3 is 0 Å². The van der Waals surface area contributed by atoms with Crippen LogP contribution < -0.4 is 10.6 Å². The zero-order valence-corrected chi connectivity index (χ0v) is 10.1. The van der Waals surface area contributed by atoms with Crippen LogP contribution in [0.4, 0.5) is 20.4 Å². The number of hydrogen-bond donors (Lipinski definition) is 1. The number of nitrogen functional groups attached to an aromatic ring is 1. The molecule has 1 aromatic heterocycles. The first-order valence-electron chi connectivity index (χ1n) is 5.87. The molecule has 1 heterocycles. The molecule has 1 saturated carbocycles. The maximum Gasteiger partial charge on any atom is 0.168 e. The molecule has 1 fully saturated rings. The average molecular weight is 241 g/mol. The molecular weight excluding hydrogens is 224 g/mol. The number of rotatable bonds is 4. The third-order valence-electron chi connectivity index (χ3n) is 2.76. The fourth-order valence-electron chi connectivity index (χ4n) is 1.86. The Bertz CT molecular complexity index is 416. The molecule has 2 N–H and O–H groups in total. The summed E-state index contributed by atoms with van der Waals surface area (Å²) in [5.74, 6) is -1.10. The predicted molar refractivity (Wildman–Crippen MR) is 63.8 cm³/mol. The fraction of sp³-hybridized carbons (Fsp3) is 0.583. The third-order valence-corrected chi connectivity index (χ3v) is 2.76. The largest absolute Gasteiger partial charge is 0.381 e. The molecule has 1 aliphatic carbocycles. The van der Waals surface area contributed by atoms with Crippen LogP contribution in [0.25, 0.3) is 0 Å². The van der Waals surface area contributed by atoms with Gasteiger partial charge in [0.1, 0.15) is 0 Å². The second-order valence-corrected chi connectivity index (χ2v) is 4.94. The highest BCUT2D eigenvalue weighted by molar-refractivity contribution is 5.49. The second-order valence-electron chi connectivity index (χ2n) is 4.94. The van der Waals surface area contributed by atoms with Gasteiger partial charge in [-0.1, -0.05) is 13.8 Å². The molecule has 3 nitrogen and oxygen atoms in total. The van der Waals surface area contributed by atoms with Gasteiger partial charge in [-0.25, -0.2) is 13.8 Å². The van der Waals surface area contributed by atoms with Gasteiger partial charge in [0, 0.05) is 18.7 Å². The van der Waals surface area contributed by atoms with E-state index in [1.54, 1.807) is 0 Å². The van der Waals surface area contributed by atoms with Crippen LogP contribution in [0.15, 0.2) is 6.07 Å². The van der Waals surface area contributed by atoms with Gasteiger partial charge in [0.05, 0.1) is 0 Å². The highest BCUT2D eigenvalue weighted by Crippen LogP contribution is 2.33. The molecule has 0 saturated heterocycles. The van der Waals surface area contributed by atoms with Crippen molar-refractivity contribution in [1.82, 2.24) is 4.98 Å². The molecule has 0 aliphatic heterocycles. The van der Waals surface area contributed by atoms with E-state index < -0.39 is 11.6 Å². The van der Waals surface area contributed by atoms with Gasteiger partial charge in [-0.05, 0) is 18.8 Å². The Balaban J connectivity index is 2.31. The van der Waals surface area contributed by atoms with Crippen molar-refractivity contribution < 1.29 is 8.78 Å². The Hall–Kier alpha value is -1.39. The number of nitrogens with two attached hydrogens (primary N) is 1. The maximum absolute atomic E-state index is 13.7. The number of pyridine rings is 1. The zero-order chi connectivity index (χ0) is 12.6. The van der Waals surface area contributed by atoms with E-state index in [-0.39, 0.29) is 11.6 Å². The smallest absolute Gasteiger partial charge is 0.168 e. The summed E-state index contributed by atoms with van der Waals surface area (Å²) >= 11 is 0. The molecule has 1 aliphatic rings. The summed E-state index contributed by atoms with van der Waals surface area (Å²) in [6, 6.07) is 1.14. The molecule has 0 unspecified atom stereocenters. The molecule has 0 radical (unpaired) electrons. The lowest BCUT2D eigenvalue weighted by Crippen LogP contribution is -2.31. The quantitative estimate of drug-likeness (QED) is 0.881. The lowest BCUT2D eigenvalue weighted by molar-refractivity contribution is 0.552. The first-order valence-corrected chi connectivity index (χ1v) is 5.87. The van der Waals surface area contributed by atoms with Crippen molar-refractivity contribution in [3.63, 3.8) is 0 Å². The topological polar surface area (TPSA) is 42.2 Å². The van der Waals surface area contributed by atoms with E-state index >= 15 is 0 Å². The van der Waals surface area contributed by atoms with Gasteiger partial charge in [0.2, 0.25) is 0 Å². The van der Waals surface area contributed by atoms with E-state index in [4.69, 9.17) is 5.73 Å². The molecular formula is C12H17F2N3. The molecule has 0 spiro atoms. The zero-order valence-electron chi connectivity index (χ0n) is 10.1. The van der Waals surface area contributed by atoms with Gasteiger partial charge in [0.15, 0.2) is 23.3 Å². The summed E-state index contributed by atoms with van der Waals surface area (Å²) in [7, 11) is 0. The normalized spacial score (nSPS) is 15.4. The van der Waals surface area contributed by atoms with Crippen LogP contribution in [0.3, 0.4) is 0 Å². The number of nitrogens with zero attached hydrogens (tertiary/aromatic N) is 2. The third kappa shape index (κ3) is 2.65. The van der Waals surface area contributed by atoms with Gasteiger partial charge in [-0.15, -0.1) is 0 Å². The molecule has 2 rings (SSSR count). The first kappa shape index (κ1) is 12.1. The summed E-state index contributed by atoms with van der Waals surface area (Å²) in [5.41, 5.74) is 5.40. The Morgan fingerprint density at radius 2 is 2.06 bits per heavy atom. The molecule has 0 amide bonds. The number of halogens is 2. The van der Waals surface area contributed by atoms with Crippen molar-refractivity contribution in [2.75, 3.05) is 17.2 Å². The minimum absolute atomic E-state index is 0.181. The fourth-order valence-corrected chi connectivity index (χ4v) is 1.86. The van der Waals surface area contributed by atoms with Crippen molar-refractivity contribution >= 4 is 11.6 Å². The molecule has 0 aromatic carbocycles. The van der Waals surface area contributed by atoms with E-state index in [0.717, 1.165) is 18.9 Å². The Kier molecular flexibility index (Phi) is 3.17. The van der Waals surface area contributed by atoms with Crippen LogP contribution >= 0.6 is 0 Å². The molecule has 1 aromatic rings. The van der Waals surface area contributed by atoms with E-state index in [2.05, 4.69) is 18.8 Å². The summed E-state index contributed by atoms with van der Waals surface area (Å²) < 4.78 is 26.8. The van der Waals surface area contributed by atoms with Gasteiger partial charge in [-0.2, -0.15) is 0 Å². The van der Waals surface area contributed by atoms with Crippen molar-refractivity contribution in [3.8, 4) is 0 Å². The minimum Gasteiger partial charge on any atom is -0.381 e. The average Bonchev–Trinajstić information content (AvgIpc) is 3.04. The monoisotopic (exact) mass is 241 g/mol. The SMILES string of the molecule is CC(C)CN(c1nc(N)c(F)cc1F)C1CC1. The van der Waals surface area contributed by atoms with E-state index in [0.29, 0.717) is 18.5 Å². The summed E-state index contributed by atoms with van der Waals surface area (Å²) in [5, 5.41) is 0. The Labute approximate surface area is 99.6 Å². The first-order chi connectivity index (χ1) is 7.99. The molecule has 0 bridgehead atoms. The van der Waals surface area contributed by atoms with E-state index in [1.807, 2.05) is 4.90 Å². The molecule has 17 heavy (non-hydrogen) atoms. The summed E-state index contributed by atoms with van der Waals surface area (Å²) in [6.07, 6.45) is 2.07. The lowest BCUT2D eigenvalue weighted by atomic mass is 10.2. The lowest BCUT2D eigenvalue weighted by Gasteiger charge is -2.26. The summed E-state index contributed by atoms with van der Waals surface area (Å²) in [6.45, 7) is 4.82. The molecule has 5 heteroatoms. The van der Waals surface area contributed by atoms with E-state index in [9.17, 15) is 8.78 Å². The van der Waals surface area contributed by atoms with Crippen LogP contribution in [-0.4, -0.2) is 17.6 Å². The number of anilines is 2. The second kappa shape index (κ2) is 4.47. The van der Waals surface area contributed by atoms with Crippen LogP contribution in [0.5, 0.6) is 0 Å². The van der Waals surface area contributed by atoms with Gasteiger partial charge < -0.3 is 10.6 Å². The molecule has 0 atom stereocenters. The van der Waals surface area contributed by atoms with E-state index in [1.165, 1.54) is 0 Å². The standard InChI is InChI=1S/C12H17F2N3/c1-7(2)6-17(8-3-4-8)12-10(14)5-9(13)11(15)16-12/h5,7-8H,3-4,6H2,1-2H3,(H2,15,16). The maximum atomic E-state index is 13.7. The Morgan fingerprint density at radius 3 is 2.59 bits per heavy atom. The highest BCUT2D eigenvalue weighted by atomic mass is 19.1. The number of hydrogen-bond acceptors (Lipinski definition) is 3. The van der Waals surface area contributed by atoms with Crippen LogP contribution in [0.2, 0.25) is 0 Å². The summed E-state index contributed by atoms with van der Waals surface area (Å²) in [4.78, 5) is 5.74. The minimum atomic E-state index is -0.799. The van der Waals surface area contributed by atoms with Gasteiger partial charge in [-0.3, -0.25) is 0 Å². The van der Waals surface area contributed by atoms with Crippen molar-refractivity contribution in [1.29, 1.82) is 0 Å². The van der Waals surface area contributed by atoms with Crippen LogP contribution in [0, 0.1) is 17.6 Å². The number of aromatic nitrogens is 1. The van der Waals surface area contributed by atoms with Crippen molar-refractivity contribution in [2.45, 2.75) is 32.7 Å². The van der Waals surface area contributed by atoms with Gasteiger partial charge in [0.25, 0.3) is 0 Å².